The molecule has 2 atom stereocenters. The van der Waals surface area contributed by atoms with Gasteiger partial charge in [-0.25, -0.2) is 0 Å². The van der Waals surface area contributed by atoms with Gasteiger partial charge in [-0.1, -0.05) is 12.1 Å². The van der Waals surface area contributed by atoms with E-state index < -0.39 is 35.6 Å². The van der Waals surface area contributed by atoms with Crippen LogP contribution in [0.1, 0.15) is 40.0 Å². The van der Waals surface area contributed by atoms with Crippen molar-refractivity contribution in [2.24, 2.45) is 0 Å². The first-order chi connectivity index (χ1) is 11.8. The van der Waals surface area contributed by atoms with Crippen LogP contribution in [0.3, 0.4) is 0 Å². The topological polar surface area (TPSA) is 55.8 Å². The largest absolute Gasteiger partial charge is 0.457 e. The first kappa shape index (κ1) is 16.1. The van der Waals surface area contributed by atoms with E-state index in [-0.39, 0.29) is 30.6 Å². The Morgan fingerprint density at radius 1 is 1.12 bits per heavy atom. The van der Waals surface area contributed by atoms with Gasteiger partial charge in [0.1, 0.15) is 0 Å². The Balaban J connectivity index is 1.74. The van der Waals surface area contributed by atoms with Gasteiger partial charge in [0.2, 0.25) is 11.5 Å². The van der Waals surface area contributed by atoms with E-state index in [1.54, 1.807) is 12.1 Å². The van der Waals surface area contributed by atoms with Crippen molar-refractivity contribution in [1.29, 1.82) is 0 Å². The predicted octanol–water partition coefficient (Wildman–Crippen LogP) is 3.02. The van der Waals surface area contributed by atoms with E-state index in [9.17, 15) is 22.8 Å². The van der Waals surface area contributed by atoms with Gasteiger partial charge in [-0.15, -0.1) is 0 Å². The summed E-state index contributed by atoms with van der Waals surface area (Å²) in [6.07, 6.45) is -3.11. The Bertz CT molecular complexity index is 745. The highest BCUT2D eigenvalue weighted by atomic mass is 19.4. The summed E-state index contributed by atoms with van der Waals surface area (Å²) in [5.41, 5.74) is 0.393. The molecule has 0 aliphatic carbocycles. The third-order valence-electron chi connectivity index (χ3n) is 4.66. The van der Waals surface area contributed by atoms with Crippen molar-refractivity contribution in [3.63, 3.8) is 0 Å². The molecule has 1 spiro atoms. The zero-order valence-electron chi connectivity index (χ0n) is 13.0. The zero-order chi connectivity index (χ0) is 17.8. The third-order valence-corrected chi connectivity index (χ3v) is 4.66. The lowest BCUT2D eigenvalue weighted by atomic mass is 9.98. The molecule has 1 fully saturated rings. The van der Waals surface area contributed by atoms with Crippen LogP contribution < -0.4 is 0 Å². The fourth-order valence-electron chi connectivity index (χ4n) is 3.57. The fraction of sp³-hybridized carbons (Fsp3) is 0.412. The van der Waals surface area contributed by atoms with Gasteiger partial charge in [-0.3, -0.25) is 14.5 Å². The molecule has 132 valence electrons. The SMILES string of the molecule is O=C1c2ccccc2C(=O)N1[C@@H]1C=C(C(F)(F)F)O[C@@]2(CCCO2)C1. The van der Waals surface area contributed by atoms with Crippen LogP contribution in [-0.4, -0.2) is 41.3 Å². The molecule has 0 bridgehead atoms. The number of amides is 2. The Labute approximate surface area is 141 Å². The Kier molecular flexibility index (Phi) is 3.44. The molecule has 1 saturated heterocycles. The molecule has 0 unspecified atom stereocenters. The van der Waals surface area contributed by atoms with Crippen molar-refractivity contribution in [3.8, 4) is 0 Å². The highest BCUT2D eigenvalue weighted by Gasteiger charge is 2.53. The molecule has 3 aliphatic rings. The number of allylic oxidation sites excluding steroid dienone is 1. The maximum absolute atomic E-state index is 13.3. The molecule has 4 rings (SSSR count). The number of imide groups is 1. The van der Waals surface area contributed by atoms with Crippen LogP contribution in [-0.2, 0) is 9.47 Å². The van der Waals surface area contributed by atoms with Crippen molar-refractivity contribution >= 4 is 11.8 Å². The van der Waals surface area contributed by atoms with Crippen molar-refractivity contribution < 1.29 is 32.2 Å². The van der Waals surface area contributed by atoms with Gasteiger partial charge in [0, 0.05) is 12.8 Å². The Morgan fingerprint density at radius 2 is 1.76 bits per heavy atom. The van der Waals surface area contributed by atoms with Crippen molar-refractivity contribution in [2.45, 2.75) is 37.3 Å². The number of nitrogens with zero attached hydrogens (tertiary/aromatic N) is 1. The maximum atomic E-state index is 13.3. The van der Waals surface area contributed by atoms with Gasteiger partial charge in [0.25, 0.3) is 11.8 Å². The molecule has 1 aromatic rings. The van der Waals surface area contributed by atoms with E-state index in [0.717, 1.165) is 11.0 Å². The molecule has 2 amide bonds. The molecule has 1 aromatic carbocycles. The number of carbonyl (C=O) groups excluding carboxylic acids is 2. The second-order valence-corrected chi connectivity index (χ2v) is 6.29. The van der Waals surface area contributed by atoms with Gasteiger partial charge in [0.15, 0.2) is 0 Å². The summed E-state index contributed by atoms with van der Waals surface area (Å²) in [6, 6.07) is 5.12. The van der Waals surface area contributed by atoms with Crippen molar-refractivity contribution in [3.05, 3.63) is 47.2 Å². The molecule has 25 heavy (non-hydrogen) atoms. The van der Waals surface area contributed by atoms with E-state index in [1.807, 2.05) is 0 Å². The minimum absolute atomic E-state index is 0.0158. The molecule has 0 radical (unpaired) electrons. The molecule has 5 nitrogen and oxygen atoms in total. The highest BCUT2D eigenvalue weighted by Crippen LogP contribution is 2.44. The molecule has 8 heteroatoms. The van der Waals surface area contributed by atoms with Gasteiger partial charge >= 0.3 is 6.18 Å². The smallest absolute Gasteiger partial charge is 0.448 e. The van der Waals surface area contributed by atoms with E-state index in [0.29, 0.717) is 6.42 Å². The first-order valence-corrected chi connectivity index (χ1v) is 7.90. The van der Waals surface area contributed by atoms with Gasteiger partial charge in [0.05, 0.1) is 23.8 Å². The number of hydrogen-bond acceptors (Lipinski definition) is 4. The van der Waals surface area contributed by atoms with Gasteiger partial charge < -0.3 is 9.47 Å². The number of alkyl halides is 3. The van der Waals surface area contributed by atoms with Crippen LogP contribution in [0.15, 0.2) is 36.1 Å². The minimum atomic E-state index is -4.73. The number of halogens is 3. The average molecular weight is 353 g/mol. The van der Waals surface area contributed by atoms with E-state index >= 15 is 0 Å². The van der Waals surface area contributed by atoms with Crippen LogP contribution in [0.5, 0.6) is 0 Å². The van der Waals surface area contributed by atoms with E-state index in [2.05, 4.69) is 0 Å². The average Bonchev–Trinajstić information content (AvgIpc) is 3.10. The predicted molar refractivity (Wildman–Crippen MR) is 78.5 cm³/mol. The number of fused-ring (bicyclic) bond motifs is 1. The van der Waals surface area contributed by atoms with Crippen LogP contribution in [0, 0.1) is 0 Å². The summed E-state index contributed by atoms with van der Waals surface area (Å²) in [5, 5.41) is 0. The van der Waals surface area contributed by atoms with Crippen LogP contribution >= 0.6 is 0 Å². The van der Waals surface area contributed by atoms with E-state index in [4.69, 9.17) is 9.47 Å². The summed E-state index contributed by atoms with van der Waals surface area (Å²) in [7, 11) is 0. The van der Waals surface area contributed by atoms with Crippen molar-refractivity contribution in [1.82, 2.24) is 4.90 Å². The zero-order valence-corrected chi connectivity index (χ0v) is 13.0. The first-order valence-electron chi connectivity index (χ1n) is 7.90. The minimum Gasteiger partial charge on any atom is -0.457 e. The van der Waals surface area contributed by atoms with Gasteiger partial charge in [-0.2, -0.15) is 13.2 Å². The number of hydrogen-bond donors (Lipinski definition) is 0. The lowest BCUT2D eigenvalue weighted by Gasteiger charge is -2.39. The number of benzene rings is 1. The summed E-state index contributed by atoms with van der Waals surface area (Å²) in [6.45, 7) is 0.278. The van der Waals surface area contributed by atoms with Crippen LogP contribution in [0.25, 0.3) is 0 Å². The van der Waals surface area contributed by atoms with Crippen LogP contribution in [0.2, 0.25) is 0 Å². The highest BCUT2D eigenvalue weighted by molar-refractivity contribution is 6.21. The summed E-state index contributed by atoms with van der Waals surface area (Å²) in [5.74, 6) is -3.86. The Morgan fingerprint density at radius 3 is 2.28 bits per heavy atom. The van der Waals surface area contributed by atoms with Crippen LogP contribution in [0.4, 0.5) is 13.2 Å². The van der Waals surface area contributed by atoms with Gasteiger partial charge in [-0.05, 0) is 24.6 Å². The molecular weight excluding hydrogens is 339 g/mol. The second-order valence-electron chi connectivity index (χ2n) is 6.29. The number of carbonyl (C=O) groups is 2. The monoisotopic (exact) mass is 353 g/mol. The lowest BCUT2D eigenvalue weighted by Crippen LogP contribution is -2.49. The number of ether oxygens (including phenoxy) is 2. The normalized spacial score (nSPS) is 29.0. The molecule has 0 N–H and O–H groups in total. The maximum Gasteiger partial charge on any atom is 0.448 e. The molecule has 0 aromatic heterocycles. The van der Waals surface area contributed by atoms with Crippen molar-refractivity contribution in [2.75, 3.05) is 6.61 Å². The molecular formula is C17H14F3NO4. The third kappa shape index (κ3) is 2.52. The number of rotatable bonds is 1. The summed E-state index contributed by atoms with van der Waals surface area (Å²) >= 11 is 0. The lowest BCUT2D eigenvalue weighted by molar-refractivity contribution is -0.243. The molecule has 3 aliphatic heterocycles. The fourth-order valence-corrected chi connectivity index (χ4v) is 3.57. The second kappa shape index (κ2) is 5.32. The quantitative estimate of drug-likeness (QED) is 0.729. The Hall–Kier alpha value is -2.35. The molecule has 3 heterocycles. The standard InChI is InChI=1S/C17H14F3NO4/c18-17(19,20)13-8-10(9-16(25-13)6-3-7-24-16)21-14(22)11-4-1-2-5-12(11)15(21)23/h1-2,4-5,8,10H,3,6-7,9H2/t10-,16+/m1/s1. The summed E-state index contributed by atoms with van der Waals surface area (Å²) < 4.78 is 50.3. The molecule has 0 saturated carbocycles. The van der Waals surface area contributed by atoms with E-state index in [1.165, 1.54) is 12.1 Å². The summed E-state index contributed by atoms with van der Waals surface area (Å²) in [4.78, 5) is 26.0.